The van der Waals surface area contributed by atoms with Crippen LogP contribution in [0, 0.1) is 6.92 Å². The number of hydrogen-bond donors (Lipinski definition) is 1. The number of carbonyl (C=O) groups is 1. The lowest BCUT2D eigenvalue weighted by Gasteiger charge is -2.24. The molecule has 1 saturated heterocycles. The molecule has 1 N–H and O–H groups in total. The van der Waals surface area contributed by atoms with Crippen LogP contribution in [0.15, 0.2) is 47.4 Å². The SMILES string of the molecule is Cc1ccc2c(=O)c(C(=O)N(C)Cc3ccccc3N3CCCC3)c[nH]c2n1. The highest BCUT2D eigenvalue weighted by molar-refractivity contribution is 5.96. The number of amides is 1. The summed E-state index contributed by atoms with van der Waals surface area (Å²) in [6.07, 6.45) is 3.87. The van der Waals surface area contributed by atoms with Gasteiger partial charge in [0.15, 0.2) is 0 Å². The van der Waals surface area contributed by atoms with Crippen molar-refractivity contribution in [3.05, 3.63) is 69.6 Å². The Hall–Kier alpha value is -3.15. The van der Waals surface area contributed by atoms with E-state index in [4.69, 9.17) is 0 Å². The number of nitrogens with zero attached hydrogens (tertiary/aromatic N) is 3. The minimum Gasteiger partial charge on any atom is -0.371 e. The van der Waals surface area contributed by atoms with Crippen molar-refractivity contribution in [1.29, 1.82) is 0 Å². The first-order valence-electron chi connectivity index (χ1n) is 9.62. The van der Waals surface area contributed by atoms with Gasteiger partial charge in [-0.1, -0.05) is 18.2 Å². The smallest absolute Gasteiger partial charge is 0.259 e. The first kappa shape index (κ1) is 18.2. The highest BCUT2D eigenvalue weighted by Gasteiger charge is 2.20. The van der Waals surface area contributed by atoms with Crippen molar-refractivity contribution in [2.45, 2.75) is 26.3 Å². The Kier molecular flexibility index (Phi) is 4.86. The van der Waals surface area contributed by atoms with E-state index in [1.807, 2.05) is 19.1 Å². The first-order chi connectivity index (χ1) is 13.5. The van der Waals surface area contributed by atoms with Crippen molar-refractivity contribution in [2.24, 2.45) is 0 Å². The van der Waals surface area contributed by atoms with Gasteiger partial charge in [-0.2, -0.15) is 0 Å². The van der Waals surface area contributed by atoms with Crippen molar-refractivity contribution in [1.82, 2.24) is 14.9 Å². The molecule has 0 spiro atoms. The van der Waals surface area contributed by atoms with Gasteiger partial charge < -0.3 is 14.8 Å². The van der Waals surface area contributed by atoms with Crippen LogP contribution in [-0.2, 0) is 6.54 Å². The molecule has 0 unspecified atom stereocenters. The molecule has 0 radical (unpaired) electrons. The number of carbonyl (C=O) groups excluding carboxylic acids is 1. The van der Waals surface area contributed by atoms with E-state index in [-0.39, 0.29) is 16.9 Å². The van der Waals surface area contributed by atoms with E-state index in [1.165, 1.54) is 24.7 Å². The zero-order valence-electron chi connectivity index (χ0n) is 16.2. The van der Waals surface area contributed by atoms with Crippen LogP contribution in [0.1, 0.15) is 34.5 Å². The molecule has 3 heterocycles. The van der Waals surface area contributed by atoms with E-state index < -0.39 is 0 Å². The summed E-state index contributed by atoms with van der Waals surface area (Å²) in [6.45, 7) is 4.41. The fourth-order valence-electron chi connectivity index (χ4n) is 3.80. The van der Waals surface area contributed by atoms with Crippen LogP contribution >= 0.6 is 0 Å². The Morgan fingerprint density at radius 1 is 1.18 bits per heavy atom. The Morgan fingerprint density at radius 2 is 1.93 bits per heavy atom. The molecule has 144 valence electrons. The minimum atomic E-state index is -0.292. The molecule has 0 bridgehead atoms. The molecule has 2 aromatic heterocycles. The number of aromatic amines is 1. The van der Waals surface area contributed by atoms with Crippen LogP contribution in [0.5, 0.6) is 0 Å². The second kappa shape index (κ2) is 7.46. The summed E-state index contributed by atoms with van der Waals surface area (Å²) in [6, 6.07) is 11.7. The lowest BCUT2D eigenvalue weighted by Crippen LogP contribution is -2.31. The number of para-hydroxylation sites is 1. The molecule has 1 aliphatic heterocycles. The lowest BCUT2D eigenvalue weighted by molar-refractivity contribution is 0.0784. The summed E-state index contributed by atoms with van der Waals surface area (Å²) >= 11 is 0. The monoisotopic (exact) mass is 376 g/mol. The van der Waals surface area contributed by atoms with Crippen LogP contribution < -0.4 is 10.3 Å². The summed E-state index contributed by atoms with van der Waals surface area (Å²) in [4.78, 5) is 37.1. The van der Waals surface area contributed by atoms with Crippen LogP contribution in [0.2, 0.25) is 0 Å². The maximum absolute atomic E-state index is 13.0. The molecule has 0 saturated carbocycles. The van der Waals surface area contributed by atoms with Crippen LogP contribution in [-0.4, -0.2) is 40.9 Å². The molecular weight excluding hydrogens is 352 g/mol. The maximum atomic E-state index is 13.0. The average Bonchev–Trinajstić information content (AvgIpc) is 3.22. The molecule has 1 aromatic carbocycles. The minimum absolute atomic E-state index is 0.138. The second-order valence-electron chi connectivity index (χ2n) is 7.36. The molecule has 1 amide bonds. The van der Waals surface area contributed by atoms with Crippen molar-refractivity contribution < 1.29 is 4.79 Å². The third-order valence-electron chi connectivity index (χ3n) is 5.30. The highest BCUT2D eigenvalue weighted by atomic mass is 16.2. The number of aryl methyl sites for hydroxylation is 1. The molecule has 28 heavy (non-hydrogen) atoms. The third kappa shape index (κ3) is 3.38. The highest BCUT2D eigenvalue weighted by Crippen LogP contribution is 2.25. The van der Waals surface area contributed by atoms with E-state index in [9.17, 15) is 9.59 Å². The normalized spacial score (nSPS) is 13.9. The zero-order chi connectivity index (χ0) is 19.7. The quantitative estimate of drug-likeness (QED) is 0.760. The number of aromatic nitrogens is 2. The van der Waals surface area contributed by atoms with Gasteiger partial charge in [0.1, 0.15) is 11.2 Å². The Labute approximate surface area is 163 Å². The van der Waals surface area contributed by atoms with Crippen molar-refractivity contribution in [3.63, 3.8) is 0 Å². The standard InChI is InChI=1S/C22H24N4O2/c1-15-9-10-17-20(27)18(13-23-21(17)24-15)22(28)25(2)14-16-7-3-4-8-19(16)26-11-5-6-12-26/h3-4,7-10,13H,5-6,11-12,14H2,1-2H3,(H,23,24,27). The van der Waals surface area contributed by atoms with Gasteiger partial charge in [-0.3, -0.25) is 9.59 Å². The number of hydrogen-bond acceptors (Lipinski definition) is 4. The van der Waals surface area contributed by atoms with Crippen molar-refractivity contribution in [2.75, 3.05) is 25.0 Å². The zero-order valence-corrected chi connectivity index (χ0v) is 16.2. The number of pyridine rings is 2. The van der Waals surface area contributed by atoms with Crippen molar-refractivity contribution in [3.8, 4) is 0 Å². The van der Waals surface area contributed by atoms with Gasteiger partial charge in [0.25, 0.3) is 5.91 Å². The Bertz CT molecular complexity index is 1080. The molecule has 6 nitrogen and oxygen atoms in total. The maximum Gasteiger partial charge on any atom is 0.259 e. The van der Waals surface area contributed by atoms with Gasteiger partial charge >= 0.3 is 0 Å². The average molecular weight is 376 g/mol. The van der Waals surface area contributed by atoms with E-state index in [0.29, 0.717) is 17.6 Å². The van der Waals surface area contributed by atoms with E-state index >= 15 is 0 Å². The summed E-state index contributed by atoms with van der Waals surface area (Å²) in [5.74, 6) is -0.292. The van der Waals surface area contributed by atoms with Gasteiger partial charge in [-0.15, -0.1) is 0 Å². The Balaban J connectivity index is 1.61. The third-order valence-corrected chi connectivity index (χ3v) is 5.30. The largest absolute Gasteiger partial charge is 0.371 e. The summed E-state index contributed by atoms with van der Waals surface area (Å²) < 4.78 is 0. The predicted molar refractivity (Wildman–Crippen MR) is 111 cm³/mol. The van der Waals surface area contributed by atoms with Gasteiger partial charge in [0.2, 0.25) is 5.43 Å². The second-order valence-corrected chi connectivity index (χ2v) is 7.36. The molecule has 0 atom stereocenters. The number of rotatable bonds is 4. The van der Waals surface area contributed by atoms with Crippen LogP contribution in [0.4, 0.5) is 5.69 Å². The lowest BCUT2D eigenvalue weighted by atomic mass is 10.1. The fraction of sp³-hybridized carbons (Fsp3) is 0.318. The number of benzene rings is 1. The van der Waals surface area contributed by atoms with Crippen LogP contribution in [0.25, 0.3) is 11.0 Å². The number of H-pyrrole nitrogens is 1. The van der Waals surface area contributed by atoms with E-state index in [1.54, 1.807) is 24.1 Å². The summed E-state index contributed by atoms with van der Waals surface area (Å²) in [7, 11) is 1.74. The van der Waals surface area contributed by atoms with E-state index in [2.05, 4.69) is 27.0 Å². The molecule has 3 aromatic rings. The van der Waals surface area contributed by atoms with Gasteiger partial charge in [0, 0.05) is 44.3 Å². The molecule has 4 rings (SSSR count). The number of nitrogens with one attached hydrogen (secondary N) is 1. The summed E-state index contributed by atoms with van der Waals surface area (Å²) in [5, 5.41) is 0.433. The number of anilines is 1. The molecule has 6 heteroatoms. The Morgan fingerprint density at radius 3 is 2.71 bits per heavy atom. The topological polar surface area (TPSA) is 69.3 Å². The first-order valence-corrected chi connectivity index (χ1v) is 9.62. The molecule has 1 aliphatic rings. The molecule has 0 aliphatic carbocycles. The van der Waals surface area contributed by atoms with Crippen LogP contribution in [0.3, 0.4) is 0 Å². The predicted octanol–water partition coefficient (Wildman–Crippen LogP) is 3.10. The molecule has 1 fully saturated rings. The number of fused-ring (bicyclic) bond motifs is 1. The summed E-state index contributed by atoms with van der Waals surface area (Å²) in [5.41, 5.74) is 3.44. The fourth-order valence-corrected chi connectivity index (χ4v) is 3.80. The van der Waals surface area contributed by atoms with E-state index in [0.717, 1.165) is 24.3 Å². The van der Waals surface area contributed by atoms with Crippen molar-refractivity contribution >= 4 is 22.6 Å². The van der Waals surface area contributed by atoms with Gasteiger partial charge in [0.05, 0.1) is 5.39 Å². The molecular formula is C22H24N4O2. The van der Waals surface area contributed by atoms with Gasteiger partial charge in [-0.25, -0.2) is 4.98 Å². The van der Waals surface area contributed by atoms with Gasteiger partial charge in [-0.05, 0) is 43.5 Å².